The fraction of sp³-hybridized carbons (Fsp3) is 0.486. The highest BCUT2D eigenvalue weighted by molar-refractivity contribution is 6.34. The molecule has 0 amide bonds. The second kappa shape index (κ2) is 11.9. The number of hydrogen-bond acceptors (Lipinski definition) is 11. The van der Waals surface area contributed by atoms with Crippen molar-refractivity contribution in [3.05, 3.63) is 63.7 Å². The first-order chi connectivity index (χ1) is 21.7. The average molecular weight is 635 g/mol. The minimum absolute atomic E-state index is 0.0224. The number of hydrogen-bond donors (Lipinski definition) is 4. The topological polar surface area (TPSA) is 149 Å². The molecular formula is C35H42N2O9. The summed E-state index contributed by atoms with van der Waals surface area (Å²) in [5, 5.41) is 44.4. The first-order valence-electron chi connectivity index (χ1n) is 15.6. The molecule has 11 nitrogen and oxygen atoms in total. The summed E-state index contributed by atoms with van der Waals surface area (Å²) in [5.41, 5.74) is 1.00. The molecule has 46 heavy (non-hydrogen) atoms. The number of carbonyl (C=O) groups is 2. The summed E-state index contributed by atoms with van der Waals surface area (Å²) in [7, 11) is 7.54. The number of rotatable bonds is 5. The quantitative estimate of drug-likeness (QED) is 0.256. The lowest BCUT2D eigenvalue weighted by atomic mass is 9.79. The maximum Gasteiger partial charge on any atom is 0.201 e. The van der Waals surface area contributed by atoms with Gasteiger partial charge in [-0.2, -0.15) is 0 Å². The van der Waals surface area contributed by atoms with E-state index in [2.05, 4.69) is 0 Å². The summed E-state index contributed by atoms with van der Waals surface area (Å²) in [4.78, 5) is 32.0. The van der Waals surface area contributed by atoms with Crippen LogP contribution in [0.3, 0.4) is 0 Å². The highest BCUT2D eigenvalue weighted by Crippen LogP contribution is 2.49. The molecule has 2 heterocycles. The Labute approximate surface area is 267 Å². The second-order valence-electron chi connectivity index (χ2n) is 13.3. The number of fused-ring (bicyclic) bond motifs is 4. The SMILES string of the molecule is Cc1cc2cc(O)c3c(c2c(O[C@H]2C[C@@H](N(C)C)[C@@H](O)[C@@H](C)O2)c1[C@H]1C[C@@H](N(C)C)[C@H](O)[C@@H](C)O1)C(=O)c1cccc(O)c1C3=O. The fourth-order valence-corrected chi connectivity index (χ4v) is 7.40. The van der Waals surface area contributed by atoms with Gasteiger partial charge in [0.1, 0.15) is 17.2 Å². The van der Waals surface area contributed by atoms with Crippen molar-refractivity contribution in [2.45, 2.75) is 82.5 Å². The Morgan fingerprint density at radius 3 is 2.09 bits per heavy atom. The Kier molecular flexibility index (Phi) is 8.37. The van der Waals surface area contributed by atoms with Gasteiger partial charge in [-0.25, -0.2) is 0 Å². The molecular weight excluding hydrogens is 592 g/mol. The average Bonchev–Trinajstić information content (AvgIpc) is 2.98. The Morgan fingerprint density at radius 2 is 1.43 bits per heavy atom. The summed E-state index contributed by atoms with van der Waals surface area (Å²) in [5.74, 6) is -1.68. The summed E-state index contributed by atoms with van der Waals surface area (Å²) in [6.45, 7) is 5.47. The molecule has 246 valence electrons. The van der Waals surface area contributed by atoms with Crippen LogP contribution < -0.4 is 4.74 Å². The van der Waals surface area contributed by atoms with E-state index in [1.165, 1.54) is 24.3 Å². The summed E-state index contributed by atoms with van der Waals surface area (Å²) in [6.07, 6.45) is -3.31. The molecule has 4 N–H and O–H groups in total. The lowest BCUT2D eigenvalue weighted by Crippen LogP contribution is -2.54. The predicted molar refractivity (Wildman–Crippen MR) is 170 cm³/mol. The van der Waals surface area contributed by atoms with Crippen molar-refractivity contribution < 1.29 is 44.2 Å². The van der Waals surface area contributed by atoms with Gasteiger partial charge >= 0.3 is 0 Å². The monoisotopic (exact) mass is 634 g/mol. The van der Waals surface area contributed by atoms with Crippen molar-refractivity contribution in [2.24, 2.45) is 0 Å². The third kappa shape index (κ3) is 5.15. The number of ether oxygens (including phenoxy) is 3. The standard InChI is InChI=1S/C35H42N2O9/c1-15-11-18-12-23(39)29-30(33(42)19-9-8-10-22(38)28(19)34(29)43)27(18)35(46-25-14-21(37(6)7)32(41)17(3)45-25)26(15)24-13-20(36(4)5)31(40)16(2)44-24/h8-12,16-17,20-21,24-25,31-32,38-41H,13-14H2,1-7H3/t16-,17-,20-,21-,24-,25+,31-,32+/m1/s1. The van der Waals surface area contributed by atoms with Crippen LogP contribution in [0.5, 0.6) is 17.2 Å². The van der Waals surface area contributed by atoms with Crippen LogP contribution in [0.15, 0.2) is 30.3 Å². The number of ketones is 2. The van der Waals surface area contributed by atoms with E-state index in [9.17, 15) is 30.0 Å². The molecule has 0 unspecified atom stereocenters. The fourth-order valence-electron chi connectivity index (χ4n) is 7.40. The Hall–Kier alpha value is -3.58. The van der Waals surface area contributed by atoms with Gasteiger partial charge in [0.05, 0.1) is 41.6 Å². The summed E-state index contributed by atoms with van der Waals surface area (Å²) < 4.78 is 19.4. The largest absolute Gasteiger partial charge is 0.507 e. The summed E-state index contributed by atoms with van der Waals surface area (Å²) in [6, 6.07) is 7.03. The van der Waals surface area contributed by atoms with Crippen LogP contribution in [0.4, 0.5) is 0 Å². The van der Waals surface area contributed by atoms with Crippen molar-refractivity contribution in [3.8, 4) is 17.2 Å². The van der Waals surface area contributed by atoms with Gasteiger partial charge in [0.25, 0.3) is 0 Å². The number of benzene rings is 3. The van der Waals surface area contributed by atoms with Crippen LogP contribution in [0.25, 0.3) is 10.8 Å². The zero-order valence-corrected chi connectivity index (χ0v) is 27.1. The molecule has 2 fully saturated rings. The Morgan fingerprint density at radius 1 is 0.804 bits per heavy atom. The summed E-state index contributed by atoms with van der Waals surface area (Å²) >= 11 is 0. The number of carbonyl (C=O) groups excluding carboxylic acids is 2. The van der Waals surface area contributed by atoms with E-state index in [1.807, 2.05) is 57.9 Å². The van der Waals surface area contributed by atoms with Gasteiger partial charge in [-0.3, -0.25) is 9.59 Å². The predicted octanol–water partition coefficient (Wildman–Crippen LogP) is 3.28. The van der Waals surface area contributed by atoms with Crippen LogP contribution in [-0.2, 0) is 9.47 Å². The number of aliphatic hydroxyl groups is 2. The normalized spacial score (nSPS) is 29.7. The third-order valence-electron chi connectivity index (χ3n) is 9.86. The highest BCUT2D eigenvalue weighted by Gasteiger charge is 2.43. The molecule has 3 aromatic rings. The molecule has 0 spiro atoms. The molecule has 3 aromatic carbocycles. The molecule has 0 radical (unpaired) electrons. The van der Waals surface area contributed by atoms with Gasteiger partial charge < -0.3 is 44.4 Å². The number of nitrogens with zero attached hydrogens (tertiary/aromatic N) is 2. The van der Waals surface area contributed by atoms with Crippen molar-refractivity contribution in [3.63, 3.8) is 0 Å². The van der Waals surface area contributed by atoms with Crippen LogP contribution in [-0.4, -0.2) is 113 Å². The number of aliphatic hydroxyl groups excluding tert-OH is 2. The molecule has 0 bridgehead atoms. The van der Waals surface area contributed by atoms with Crippen molar-refractivity contribution >= 4 is 22.3 Å². The van der Waals surface area contributed by atoms with Gasteiger partial charge in [0.2, 0.25) is 12.1 Å². The second-order valence-corrected chi connectivity index (χ2v) is 13.3. The van der Waals surface area contributed by atoms with E-state index >= 15 is 0 Å². The van der Waals surface area contributed by atoms with E-state index in [1.54, 1.807) is 6.92 Å². The minimum Gasteiger partial charge on any atom is -0.507 e. The third-order valence-corrected chi connectivity index (χ3v) is 9.86. The van der Waals surface area contributed by atoms with Crippen molar-refractivity contribution in [2.75, 3.05) is 28.2 Å². The number of aryl methyl sites for hydroxylation is 1. The first-order valence-corrected chi connectivity index (χ1v) is 15.6. The lowest BCUT2D eigenvalue weighted by molar-refractivity contribution is -0.202. The van der Waals surface area contributed by atoms with Gasteiger partial charge in [-0.15, -0.1) is 0 Å². The maximum atomic E-state index is 14.3. The van der Waals surface area contributed by atoms with Gasteiger partial charge in [0, 0.05) is 40.6 Å². The van der Waals surface area contributed by atoms with Crippen LogP contribution in [0.2, 0.25) is 0 Å². The van der Waals surface area contributed by atoms with Crippen molar-refractivity contribution in [1.29, 1.82) is 0 Å². The zero-order valence-electron chi connectivity index (χ0n) is 27.1. The molecule has 1 aliphatic carbocycles. The van der Waals surface area contributed by atoms with E-state index in [4.69, 9.17) is 14.2 Å². The molecule has 2 saturated heterocycles. The van der Waals surface area contributed by atoms with E-state index in [0.717, 1.165) is 5.56 Å². The van der Waals surface area contributed by atoms with E-state index in [0.29, 0.717) is 29.2 Å². The van der Waals surface area contributed by atoms with Gasteiger partial charge in [0.15, 0.2) is 5.78 Å². The Bertz CT molecular complexity index is 1720. The Balaban J connectivity index is 1.62. The van der Waals surface area contributed by atoms with E-state index < -0.39 is 48.4 Å². The molecule has 0 saturated carbocycles. The number of phenols is 2. The highest BCUT2D eigenvalue weighted by atomic mass is 16.7. The minimum atomic E-state index is -0.846. The number of likely N-dealkylation sites (N-methyl/N-ethyl adjacent to an activating group) is 2. The maximum absolute atomic E-state index is 14.3. The molecule has 6 rings (SSSR count). The lowest BCUT2D eigenvalue weighted by Gasteiger charge is -2.43. The number of aromatic hydroxyl groups is 2. The van der Waals surface area contributed by atoms with Crippen LogP contribution in [0.1, 0.15) is 75.8 Å². The zero-order chi connectivity index (χ0) is 33.4. The molecule has 3 aliphatic rings. The molecule has 8 atom stereocenters. The van der Waals surface area contributed by atoms with E-state index in [-0.39, 0.29) is 51.6 Å². The molecule has 0 aromatic heterocycles. The van der Waals surface area contributed by atoms with Crippen LogP contribution in [0, 0.1) is 6.92 Å². The van der Waals surface area contributed by atoms with Gasteiger partial charge in [-0.1, -0.05) is 18.2 Å². The van der Waals surface area contributed by atoms with Gasteiger partial charge in [-0.05, 0) is 78.5 Å². The smallest absolute Gasteiger partial charge is 0.201 e. The molecule has 2 aliphatic heterocycles. The van der Waals surface area contributed by atoms with Crippen LogP contribution >= 0.6 is 0 Å². The first kappa shape index (κ1) is 32.4. The molecule has 11 heteroatoms. The van der Waals surface area contributed by atoms with Crippen molar-refractivity contribution in [1.82, 2.24) is 9.80 Å². The number of phenolic OH excluding ortho intramolecular Hbond substituents is 2.